The van der Waals surface area contributed by atoms with Crippen LogP contribution in [0.2, 0.25) is 0 Å². The summed E-state index contributed by atoms with van der Waals surface area (Å²) in [5.74, 6) is -0.185. The standard InChI is InChI=1S/C24H21N3O3/c28-21(15-16-27-20-14-8-7-13-19(20)23(29)26-24(27)30)25-22(17-9-3-1-4-10-17)18-11-5-2-6-12-18/h1-14,22H,15-16H2,(H,25,28)(H,26,29,30). The van der Waals surface area contributed by atoms with Crippen molar-refractivity contribution in [3.63, 3.8) is 0 Å². The second kappa shape index (κ2) is 8.61. The molecule has 0 saturated carbocycles. The van der Waals surface area contributed by atoms with Crippen molar-refractivity contribution < 1.29 is 4.79 Å². The zero-order valence-corrected chi connectivity index (χ0v) is 16.2. The molecule has 0 radical (unpaired) electrons. The minimum atomic E-state index is -0.519. The van der Waals surface area contributed by atoms with Crippen molar-refractivity contribution in [1.82, 2.24) is 14.9 Å². The number of H-pyrrole nitrogens is 1. The molecule has 4 aromatic rings. The van der Waals surface area contributed by atoms with Gasteiger partial charge >= 0.3 is 5.69 Å². The Morgan fingerprint density at radius 1 is 0.833 bits per heavy atom. The molecule has 0 aliphatic carbocycles. The van der Waals surface area contributed by atoms with E-state index in [0.29, 0.717) is 10.9 Å². The van der Waals surface area contributed by atoms with Gasteiger partial charge in [0.1, 0.15) is 0 Å². The van der Waals surface area contributed by atoms with Gasteiger partial charge in [0.25, 0.3) is 5.56 Å². The minimum Gasteiger partial charge on any atom is -0.345 e. The Morgan fingerprint density at radius 3 is 2.03 bits per heavy atom. The zero-order chi connectivity index (χ0) is 20.9. The second-order valence-electron chi connectivity index (χ2n) is 7.00. The highest BCUT2D eigenvalue weighted by molar-refractivity contribution is 5.79. The summed E-state index contributed by atoms with van der Waals surface area (Å²) in [6.07, 6.45) is 0.103. The molecular weight excluding hydrogens is 378 g/mol. The lowest BCUT2D eigenvalue weighted by Gasteiger charge is -2.20. The van der Waals surface area contributed by atoms with Crippen LogP contribution in [0.25, 0.3) is 10.9 Å². The average Bonchev–Trinajstić information content (AvgIpc) is 2.78. The van der Waals surface area contributed by atoms with E-state index in [9.17, 15) is 14.4 Å². The predicted molar refractivity (Wildman–Crippen MR) is 116 cm³/mol. The summed E-state index contributed by atoms with van der Waals surface area (Å²) in [6.45, 7) is 0.165. The van der Waals surface area contributed by atoms with Gasteiger partial charge in [0.2, 0.25) is 5.91 Å². The normalized spacial score (nSPS) is 11.0. The summed E-state index contributed by atoms with van der Waals surface area (Å²) in [4.78, 5) is 39.4. The largest absolute Gasteiger partial charge is 0.345 e. The van der Waals surface area contributed by atoms with Gasteiger partial charge in [0.15, 0.2) is 0 Å². The van der Waals surface area contributed by atoms with Crippen molar-refractivity contribution in [3.8, 4) is 0 Å². The lowest BCUT2D eigenvalue weighted by atomic mass is 9.98. The molecule has 1 heterocycles. The highest BCUT2D eigenvalue weighted by Crippen LogP contribution is 2.21. The number of nitrogens with one attached hydrogen (secondary N) is 2. The average molecular weight is 399 g/mol. The fourth-order valence-electron chi connectivity index (χ4n) is 3.56. The number of aromatic nitrogens is 2. The monoisotopic (exact) mass is 399 g/mol. The second-order valence-corrected chi connectivity index (χ2v) is 7.00. The molecule has 0 atom stereocenters. The van der Waals surface area contributed by atoms with E-state index in [1.807, 2.05) is 60.7 Å². The van der Waals surface area contributed by atoms with Gasteiger partial charge in [0.05, 0.1) is 16.9 Å². The molecule has 3 aromatic carbocycles. The van der Waals surface area contributed by atoms with Gasteiger partial charge in [-0.2, -0.15) is 0 Å². The molecule has 6 heteroatoms. The highest BCUT2D eigenvalue weighted by atomic mass is 16.2. The van der Waals surface area contributed by atoms with E-state index < -0.39 is 11.2 Å². The van der Waals surface area contributed by atoms with Gasteiger partial charge in [-0.25, -0.2) is 4.79 Å². The third-order valence-electron chi connectivity index (χ3n) is 5.04. The van der Waals surface area contributed by atoms with Crippen LogP contribution in [0.4, 0.5) is 0 Å². The molecule has 0 unspecified atom stereocenters. The van der Waals surface area contributed by atoms with Crippen LogP contribution in [0.1, 0.15) is 23.6 Å². The number of para-hydroxylation sites is 1. The van der Waals surface area contributed by atoms with Crippen LogP contribution < -0.4 is 16.6 Å². The lowest BCUT2D eigenvalue weighted by Crippen LogP contribution is -2.34. The molecule has 6 nitrogen and oxygen atoms in total. The van der Waals surface area contributed by atoms with E-state index in [2.05, 4.69) is 10.3 Å². The Bertz CT molecular complexity index is 1240. The SMILES string of the molecule is O=C(CCn1c(=O)[nH]c(=O)c2ccccc21)NC(c1ccccc1)c1ccccc1. The van der Waals surface area contributed by atoms with E-state index in [1.54, 1.807) is 24.3 Å². The number of benzene rings is 3. The number of aryl methyl sites for hydroxylation is 1. The third-order valence-corrected chi connectivity index (χ3v) is 5.04. The Hall–Kier alpha value is -3.93. The topological polar surface area (TPSA) is 84.0 Å². The first-order chi connectivity index (χ1) is 14.6. The molecule has 0 fully saturated rings. The van der Waals surface area contributed by atoms with Gasteiger partial charge in [-0.15, -0.1) is 0 Å². The molecule has 0 bridgehead atoms. The minimum absolute atomic E-state index is 0.103. The van der Waals surface area contributed by atoms with Crippen molar-refractivity contribution >= 4 is 16.8 Å². The smallest absolute Gasteiger partial charge is 0.328 e. The summed E-state index contributed by atoms with van der Waals surface area (Å²) in [6, 6.07) is 26.1. The number of hydrogen-bond acceptors (Lipinski definition) is 3. The number of aromatic amines is 1. The molecule has 1 aromatic heterocycles. The molecule has 1 amide bonds. The molecule has 0 aliphatic rings. The van der Waals surface area contributed by atoms with Crippen molar-refractivity contribution in [2.45, 2.75) is 19.0 Å². The summed E-state index contributed by atoms with van der Waals surface area (Å²) in [5.41, 5.74) is 1.52. The van der Waals surface area contributed by atoms with Crippen molar-refractivity contribution in [2.24, 2.45) is 0 Å². The maximum Gasteiger partial charge on any atom is 0.328 e. The third kappa shape index (κ3) is 4.07. The maximum absolute atomic E-state index is 12.8. The summed E-state index contributed by atoms with van der Waals surface area (Å²) >= 11 is 0. The molecule has 0 saturated heterocycles. The zero-order valence-electron chi connectivity index (χ0n) is 16.2. The molecule has 0 spiro atoms. The Morgan fingerprint density at radius 2 is 1.40 bits per heavy atom. The van der Waals surface area contributed by atoms with Crippen molar-refractivity contribution in [1.29, 1.82) is 0 Å². The molecule has 30 heavy (non-hydrogen) atoms. The number of carbonyl (C=O) groups excluding carboxylic acids is 1. The van der Waals surface area contributed by atoms with Crippen LogP contribution in [-0.4, -0.2) is 15.5 Å². The first-order valence-electron chi connectivity index (χ1n) is 9.74. The van der Waals surface area contributed by atoms with Gasteiger partial charge < -0.3 is 5.32 Å². The van der Waals surface area contributed by atoms with Crippen LogP contribution >= 0.6 is 0 Å². The van der Waals surface area contributed by atoms with E-state index in [0.717, 1.165) is 11.1 Å². The Kier molecular flexibility index (Phi) is 5.57. The number of amides is 1. The van der Waals surface area contributed by atoms with Crippen molar-refractivity contribution in [3.05, 3.63) is 117 Å². The summed E-state index contributed by atoms with van der Waals surface area (Å²) in [7, 11) is 0. The molecular formula is C24H21N3O3. The molecule has 4 rings (SSSR count). The van der Waals surface area contributed by atoms with E-state index in [1.165, 1.54) is 4.57 Å². The van der Waals surface area contributed by atoms with Gasteiger partial charge in [-0.3, -0.25) is 19.1 Å². The highest BCUT2D eigenvalue weighted by Gasteiger charge is 2.17. The van der Waals surface area contributed by atoms with Crippen LogP contribution in [0.3, 0.4) is 0 Å². The number of hydrogen-bond donors (Lipinski definition) is 2. The maximum atomic E-state index is 12.8. The van der Waals surface area contributed by atoms with E-state index >= 15 is 0 Å². The molecule has 0 aliphatic heterocycles. The van der Waals surface area contributed by atoms with E-state index in [-0.39, 0.29) is 24.9 Å². The number of nitrogens with zero attached hydrogens (tertiary/aromatic N) is 1. The van der Waals surface area contributed by atoms with Crippen LogP contribution in [0.5, 0.6) is 0 Å². The quantitative estimate of drug-likeness (QED) is 0.523. The Balaban J connectivity index is 1.56. The Labute approximate surface area is 172 Å². The van der Waals surface area contributed by atoms with Gasteiger partial charge in [0, 0.05) is 13.0 Å². The van der Waals surface area contributed by atoms with Crippen LogP contribution in [0.15, 0.2) is 94.5 Å². The number of fused-ring (bicyclic) bond motifs is 1. The lowest BCUT2D eigenvalue weighted by molar-refractivity contribution is -0.121. The fraction of sp³-hybridized carbons (Fsp3) is 0.125. The van der Waals surface area contributed by atoms with Gasteiger partial charge in [-0.05, 0) is 23.3 Å². The van der Waals surface area contributed by atoms with Gasteiger partial charge in [-0.1, -0.05) is 72.8 Å². The summed E-state index contributed by atoms with van der Waals surface area (Å²) in [5, 5.41) is 3.49. The number of rotatable bonds is 6. The summed E-state index contributed by atoms with van der Waals surface area (Å²) < 4.78 is 1.43. The van der Waals surface area contributed by atoms with E-state index in [4.69, 9.17) is 0 Å². The fourth-order valence-corrected chi connectivity index (χ4v) is 3.56. The van der Waals surface area contributed by atoms with Crippen LogP contribution in [0, 0.1) is 0 Å². The van der Waals surface area contributed by atoms with Crippen molar-refractivity contribution in [2.75, 3.05) is 0 Å². The molecule has 150 valence electrons. The number of carbonyl (C=O) groups is 1. The molecule has 2 N–H and O–H groups in total. The first-order valence-corrected chi connectivity index (χ1v) is 9.74. The first kappa shape index (κ1) is 19.4. The predicted octanol–water partition coefficient (Wildman–Crippen LogP) is 2.99. The van der Waals surface area contributed by atoms with Crippen LogP contribution in [-0.2, 0) is 11.3 Å².